The van der Waals surface area contributed by atoms with Crippen LogP contribution < -0.4 is 10.2 Å². The van der Waals surface area contributed by atoms with Crippen molar-refractivity contribution in [1.82, 2.24) is 15.3 Å². The number of aryl methyl sites for hydroxylation is 3. The highest BCUT2D eigenvalue weighted by molar-refractivity contribution is 7.18. The summed E-state index contributed by atoms with van der Waals surface area (Å²) in [4.78, 5) is 14.4. The normalized spacial score (nSPS) is 19.2. The van der Waals surface area contributed by atoms with Gasteiger partial charge in [-0.05, 0) is 46.2 Å². The Labute approximate surface area is 124 Å². The van der Waals surface area contributed by atoms with Gasteiger partial charge in [0, 0.05) is 24.0 Å². The topological polar surface area (TPSA) is 41.0 Å². The number of anilines is 1. The van der Waals surface area contributed by atoms with Crippen LogP contribution in [0.2, 0.25) is 0 Å². The van der Waals surface area contributed by atoms with Crippen molar-refractivity contribution in [3.8, 4) is 0 Å². The van der Waals surface area contributed by atoms with Crippen LogP contribution in [0.4, 0.5) is 5.82 Å². The lowest BCUT2D eigenvalue weighted by molar-refractivity contribution is 0.612. The Bertz CT molecular complexity index is 634. The molecule has 4 nitrogen and oxygen atoms in total. The van der Waals surface area contributed by atoms with Crippen molar-refractivity contribution in [1.29, 1.82) is 0 Å². The van der Waals surface area contributed by atoms with Gasteiger partial charge in [0.15, 0.2) is 0 Å². The molecule has 3 rings (SSSR count). The molecule has 3 heterocycles. The van der Waals surface area contributed by atoms with Gasteiger partial charge in [0.2, 0.25) is 0 Å². The maximum absolute atomic E-state index is 4.78. The van der Waals surface area contributed by atoms with Crippen LogP contribution in [-0.4, -0.2) is 36.1 Å². The molecule has 0 aliphatic carbocycles. The SMILES string of the molecule is CNCC1CCCN1c1nc(C)nc2sc(C)c(C)c12. The van der Waals surface area contributed by atoms with Gasteiger partial charge in [0.05, 0.1) is 5.39 Å². The van der Waals surface area contributed by atoms with E-state index in [4.69, 9.17) is 4.98 Å². The molecule has 1 atom stereocenters. The fraction of sp³-hybridized carbons (Fsp3) is 0.600. The van der Waals surface area contributed by atoms with Crippen LogP contribution in [-0.2, 0) is 0 Å². The van der Waals surface area contributed by atoms with Gasteiger partial charge in [-0.25, -0.2) is 9.97 Å². The van der Waals surface area contributed by atoms with E-state index in [1.54, 1.807) is 11.3 Å². The molecule has 0 amide bonds. The van der Waals surface area contributed by atoms with Crippen LogP contribution >= 0.6 is 11.3 Å². The minimum atomic E-state index is 0.553. The average Bonchev–Trinajstić information content (AvgIpc) is 2.95. The maximum Gasteiger partial charge on any atom is 0.141 e. The smallest absolute Gasteiger partial charge is 0.141 e. The second-order valence-electron chi connectivity index (χ2n) is 5.60. The second-order valence-corrected chi connectivity index (χ2v) is 6.81. The molecule has 0 aromatic carbocycles. The van der Waals surface area contributed by atoms with Crippen molar-refractivity contribution in [3.63, 3.8) is 0 Å². The highest BCUT2D eigenvalue weighted by atomic mass is 32.1. The first kappa shape index (κ1) is 13.8. The highest BCUT2D eigenvalue weighted by Gasteiger charge is 2.28. The zero-order valence-corrected chi connectivity index (χ0v) is 13.5. The molecule has 0 spiro atoms. The number of fused-ring (bicyclic) bond motifs is 1. The molecule has 0 saturated carbocycles. The Morgan fingerprint density at radius 1 is 1.30 bits per heavy atom. The van der Waals surface area contributed by atoms with Crippen LogP contribution in [0, 0.1) is 20.8 Å². The quantitative estimate of drug-likeness (QED) is 0.944. The first-order valence-corrected chi connectivity index (χ1v) is 8.09. The summed E-state index contributed by atoms with van der Waals surface area (Å²) in [6.07, 6.45) is 2.49. The lowest BCUT2D eigenvalue weighted by Crippen LogP contribution is -2.37. The minimum absolute atomic E-state index is 0.553. The molecule has 1 unspecified atom stereocenters. The van der Waals surface area contributed by atoms with Crippen LogP contribution in [0.5, 0.6) is 0 Å². The Balaban J connectivity index is 2.14. The van der Waals surface area contributed by atoms with Crippen molar-refractivity contribution in [3.05, 3.63) is 16.3 Å². The number of aromatic nitrogens is 2. The van der Waals surface area contributed by atoms with Gasteiger partial charge in [-0.3, -0.25) is 0 Å². The summed E-state index contributed by atoms with van der Waals surface area (Å²) in [5, 5.41) is 4.57. The Morgan fingerprint density at radius 3 is 2.85 bits per heavy atom. The number of hydrogen-bond acceptors (Lipinski definition) is 5. The van der Waals surface area contributed by atoms with Gasteiger partial charge in [0.1, 0.15) is 16.5 Å². The van der Waals surface area contributed by atoms with E-state index >= 15 is 0 Å². The second kappa shape index (κ2) is 5.30. The summed E-state index contributed by atoms with van der Waals surface area (Å²) >= 11 is 1.79. The predicted octanol–water partition coefficient (Wildman–Crippen LogP) is 2.80. The standard InChI is InChI=1S/C15H22N4S/c1-9-10(2)20-15-13(9)14(17-11(3)18-15)19-7-5-6-12(19)8-16-4/h12,16H,5-8H2,1-4H3. The van der Waals surface area contributed by atoms with Crippen molar-refractivity contribution in [2.75, 3.05) is 25.0 Å². The molecule has 1 fully saturated rings. The molecule has 1 aliphatic rings. The van der Waals surface area contributed by atoms with Crippen LogP contribution in [0.25, 0.3) is 10.2 Å². The number of rotatable bonds is 3. The van der Waals surface area contributed by atoms with Crippen molar-refractivity contribution < 1.29 is 0 Å². The van der Waals surface area contributed by atoms with Crippen molar-refractivity contribution >= 4 is 27.4 Å². The maximum atomic E-state index is 4.78. The highest BCUT2D eigenvalue weighted by Crippen LogP contribution is 2.37. The predicted molar refractivity (Wildman–Crippen MR) is 85.9 cm³/mol. The third-order valence-corrected chi connectivity index (χ3v) is 5.31. The number of nitrogens with zero attached hydrogens (tertiary/aromatic N) is 3. The number of likely N-dealkylation sites (N-methyl/N-ethyl adjacent to an activating group) is 1. The van der Waals surface area contributed by atoms with Gasteiger partial charge in [-0.1, -0.05) is 0 Å². The van der Waals surface area contributed by atoms with Crippen LogP contribution in [0.15, 0.2) is 0 Å². The van der Waals surface area contributed by atoms with Gasteiger partial charge < -0.3 is 10.2 Å². The zero-order chi connectivity index (χ0) is 14.3. The fourth-order valence-electron chi connectivity index (χ4n) is 3.10. The molecular formula is C15H22N4S. The summed E-state index contributed by atoms with van der Waals surface area (Å²) in [5.41, 5.74) is 1.34. The lowest BCUT2D eigenvalue weighted by atomic mass is 10.2. The molecule has 2 aromatic rings. The van der Waals surface area contributed by atoms with Gasteiger partial charge in [-0.2, -0.15) is 0 Å². The zero-order valence-electron chi connectivity index (χ0n) is 12.7. The fourth-order valence-corrected chi connectivity index (χ4v) is 4.17. The van der Waals surface area contributed by atoms with Crippen molar-refractivity contribution in [2.45, 2.75) is 39.7 Å². The summed E-state index contributed by atoms with van der Waals surface area (Å²) in [6.45, 7) is 8.49. The van der Waals surface area contributed by atoms with Gasteiger partial charge in [0.25, 0.3) is 0 Å². The molecule has 0 radical (unpaired) electrons. The monoisotopic (exact) mass is 290 g/mol. The molecule has 0 bridgehead atoms. The van der Waals surface area contributed by atoms with E-state index in [9.17, 15) is 0 Å². The number of nitrogens with one attached hydrogen (secondary N) is 1. The van der Waals surface area contributed by atoms with E-state index in [0.717, 1.165) is 29.6 Å². The number of thiophene rings is 1. The van der Waals surface area contributed by atoms with Crippen LogP contribution in [0.1, 0.15) is 29.1 Å². The van der Waals surface area contributed by atoms with E-state index < -0.39 is 0 Å². The van der Waals surface area contributed by atoms with Crippen LogP contribution in [0.3, 0.4) is 0 Å². The molecular weight excluding hydrogens is 268 g/mol. The third-order valence-electron chi connectivity index (χ3n) is 4.21. The molecule has 5 heteroatoms. The first-order chi connectivity index (χ1) is 9.61. The van der Waals surface area contributed by atoms with E-state index in [2.05, 4.69) is 29.0 Å². The molecule has 20 heavy (non-hydrogen) atoms. The summed E-state index contributed by atoms with van der Waals surface area (Å²) in [7, 11) is 2.03. The molecule has 2 aromatic heterocycles. The Morgan fingerprint density at radius 2 is 2.10 bits per heavy atom. The summed E-state index contributed by atoms with van der Waals surface area (Å²) in [6, 6.07) is 0.553. The molecule has 1 N–H and O–H groups in total. The Hall–Kier alpha value is -1.20. The molecule has 1 saturated heterocycles. The molecule has 1 aliphatic heterocycles. The van der Waals surface area contributed by atoms with Gasteiger partial charge in [-0.15, -0.1) is 11.3 Å². The van der Waals surface area contributed by atoms with Gasteiger partial charge >= 0.3 is 0 Å². The summed E-state index contributed by atoms with van der Waals surface area (Å²) < 4.78 is 0. The Kier molecular flexibility index (Phi) is 3.65. The van der Waals surface area contributed by atoms with Crippen molar-refractivity contribution in [2.24, 2.45) is 0 Å². The third kappa shape index (κ3) is 2.19. The first-order valence-electron chi connectivity index (χ1n) is 7.27. The molecule has 108 valence electrons. The minimum Gasteiger partial charge on any atom is -0.352 e. The largest absolute Gasteiger partial charge is 0.352 e. The average molecular weight is 290 g/mol. The van der Waals surface area contributed by atoms with E-state index in [1.807, 2.05) is 14.0 Å². The van der Waals surface area contributed by atoms with E-state index in [1.165, 1.54) is 28.7 Å². The van der Waals surface area contributed by atoms with E-state index in [0.29, 0.717) is 6.04 Å². The lowest BCUT2D eigenvalue weighted by Gasteiger charge is -2.26. The summed E-state index contributed by atoms with van der Waals surface area (Å²) in [5.74, 6) is 2.02. The van der Waals surface area contributed by atoms with E-state index in [-0.39, 0.29) is 0 Å². The number of hydrogen-bond donors (Lipinski definition) is 1.